The molecule has 9 heteroatoms. The zero-order valence-electron chi connectivity index (χ0n) is 18.2. The number of hydrogen-bond donors (Lipinski definition) is 3. The van der Waals surface area contributed by atoms with E-state index in [0.717, 1.165) is 38.2 Å². The third-order valence-corrected chi connectivity index (χ3v) is 5.05. The Morgan fingerprint density at radius 1 is 1.06 bits per heavy atom. The third-order valence-electron chi connectivity index (χ3n) is 5.05. The average molecular weight is 444 g/mol. The number of hydrogen-bond acceptors (Lipinski definition) is 6. The molecule has 0 spiro atoms. The van der Waals surface area contributed by atoms with Gasteiger partial charge >= 0.3 is 12.0 Å². The summed E-state index contributed by atoms with van der Waals surface area (Å²) in [7, 11) is 3.00. The molecule has 1 heterocycles. The van der Waals surface area contributed by atoms with Crippen molar-refractivity contribution in [1.82, 2.24) is 10.2 Å². The minimum atomic E-state index is -0.401. The summed E-state index contributed by atoms with van der Waals surface area (Å²) < 4.78 is 9.86. The Bertz CT molecular complexity index is 862. The monoisotopic (exact) mass is 443 g/mol. The van der Waals surface area contributed by atoms with E-state index in [1.165, 1.54) is 12.7 Å². The molecule has 1 saturated heterocycles. The minimum Gasteiger partial charge on any atom is -0.497 e. The summed E-state index contributed by atoms with van der Waals surface area (Å²) in [6.45, 7) is 2.52. The molecule has 2 aromatic rings. The number of likely N-dealkylation sites (tertiary alicyclic amines) is 1. The number of ether oxygens (including phenoxy) is 2. The molecule has 0 atom stereocenters. The molecule has 9 nitrogen and oxygen atoms in total. The van der Waals surface area contributed by atoms with Gasteiger partial charge in [0.15, 0.2) is 0 Å². The molecule has 0 bridgehead atoms. The molecule has 1 aliphatic rings. The molecular weight excluding hydrogens is 414 g/mol. The topological polar surface area (TPSA) is 117 Å². The predicted molar refractivity (Wildman–Crippen MR) is 120 cm³/mol. The van der Waals surface area contributed by atoms with Crippen molar-refractivity contribution >= 4 is 24.2 Å². The summed E-state index contributed by atoms with van der Waals surface area (Å²) in [5.41, 5.74) is 2.33. The van der Waals surface area contributed by atoms with Crippen LogP contribution in [-0.4, -0.2) is 61.8 Å². The van der Waals surface area contributed by atoms with Gasteiger partial charge in [0.2, 0.25) is 0 Å². The molecule has 0 saturated carbocycles. The Kier molecular flexibility index (Phi) is 9.99. The molecule has 0 aliphatic carbocycles. The van der Waals surface area contributed by atoms with E-state index < -0.39 is 5.97 Å². The summed E-state index contributed by atoms with van der Waals surface area (Å²) in [4.78, 5) is 34.5. The van der Waals surface area contributed by atoms with Crippen molar-refractivity contribution in [3.05, 3.63) is 59.7 Å². The normalized spacial score (nSPS) is 13.8. The number of carbonyl (C=O) groups excluding carboxylic acids is 2. The molecule has 0 radical (unpaired) electrons. The number of nitrogens with zero attached hydrogens (tertiary/aromatic N) is 1. The summed E-state index contributed by atoms with van der Waals surface area (Å²) in [6, 6.07) is 14.7. The maximum Gasteiger partial charge on any atom is 0.337 e. The fourth-order valence-electron chi connectivity index (χ4n) is 3.38. The second-order valence-electron chi connectivity index (χ2n) is 7.17. The van der Waals surface area contributed by atoms with Crippen LogP contribution >= 0.6 is 0 Å². The fraction of sp³-hybridized carbons (Fsp3) is 0.348. The molecule has 2 aromatic carbocycles. The van der Waals surface area contributed by atoms with Crippen LogP contribution in [-0.2, 0) is 16.1 Å². The molecule has 1 aliphatic heterocycles. The molecule has 32 heavy (non-hydrogen) atoms. The number of carbonyl (C=O) groups is 3. The highest BCUT2D eigenvalue weighted by Crippen LogP contribution is 2.17. The highest BCUT2D eigenvalue weighted by atomic mass is 16.5. The van der Waals surface area contributed by atoms with E-state index in [0.29, 0.717) is 11.3 Å². The van der Waals surface area contributed by atoms with E-state index in [1.807, 2.05) is 12.1 Å². The van der Waals surface area contributed by atoms with E-state index in [4.69, 9.17) is 14.6 Å². The van der Waals surface area contributed by atoms with Gasteiger partial charge in [-0.1, -0.05) is 12.1 Å². The SMILES string of the molecule is COC(=O)c1ccc(NC(=O)NC2CCN(Cc3ccc(OC)cc3)CC2)cc1.O=CO. The van der Waals surface area contributed by atoms with Crippen LogP contribution in [0.15, 0.2) is 48.5 Å². The maximum absolute atomic E-state index is 12.2. The van der Waals surface area contributed by atoms with Gasteiger partial charge in [-0.15, -0.1) is 0 Å². The number of amides is 2. The number of esters is 1. The second kappa shape index (κ2) is 13.0. The molecule has 3 rings (SSSR count). The van der Waals surface area contributed by atoms with Crippen molar-refractivity contribution in [2.24, 2.45) is 0 Å². The zero-order valence-corrected chi connectivity index (χ0v) is 18.2. The van der Waals surface area contributed by atoms with Crippen LogP contribution < -0.4 is 15.4 Å². The minimum absolute atomic E-state index is 0.149. The number of benzene rings is 2. The van der Waals surface area contributed by atoms with Gasteiger partial charge in [-0.3, -0.25) is 9.69 Å². The quantitative estimate of drug-likeness (QED) is 0.464. The molecule has 1 fully saturated rings. The summed E-state index contributed by atoms with van der Waals surface area (Å²) in [5.74, 6) is 0.463. The van der Waals surface area contributed by atoms with Gasteiger partial charge in [-0.2, -0.15) is 0 Å². The van der Waals surface area contributed by atoms with Crippen LogP contribution in [0, 0.1) is 0 Å². The number of anilines is 1. The largest absolute Gasteiger partial charge is 0.497 e. The van der Waals surface area contributed by atoms with Crippen molar-refractivity contribution in [2.75, 3.05) is 32.6 Å². The lowest BCUT2D eigenvalue weighted by Crippen LogP contribution is -2.45. The molecule has 2 amide bonds. The number of nitrogens with one attached hydrogen (secondary N) is 2. The van der Waals surface area contributed by atoms with Crippen molar-refractivity contribution in [2.45, 2.75) is 25.4 Å². The van der Waals surface area contributed by atoms with E-state index in [9.17, 15) is 9.59 Å². The Morgan fingerprint density at radius 2 is 1.66 bits per heavy atom. The fourth-order valence-corrected chi connectivity index (χ4v) is 3.38. The van der Waals surface area contributed by atoms with Crippen LogP contribution in [0.1, 0.15) is 28.8 Å². The number of urea groups is 1. The predicted octanol–water partition coefficient (Wildman–Crippen LogP) is 2.97. The van der Waals surface area contributed by atoms with Crippen molar-refractivity contribution in [3.63, 3.8) is 0 Å². The van der Waals surface area contributed by atoms with Crippen molar-refractivity contribution in [3.8, 4) is 5.75 Å². The number of methoxy groups -OCH3 is 2. The van der Waals surface area contributed by atoms with Gasteiger partial charge < -0.3 is 25.2 Å². The maximum atomic E-state index is 12.2. The average Bonchev–Trinajstić information content (AvgIpc) is 2.81. The van der Waals surface area contributed by atoms with E-state index >= 15 is 0 Å². The van der Waals surface area contributed by atoms with E-state index in [1.54, 1.807) is 31.4 Å². The van der Waals surface area contributed by atoms with Gasteiger partial charge in [0, 0.05) is 31.4 Å². The summed E-state index contributed by atoms with van der Waals surface area (Å²) >= 11 is 0. The first-order chi connectivity index (χ1) is 15.5. The first kappa shape index (κ1) is 24.7. The van der Waals surface area contributed by atoms with Gasteiger partial charge in [0.25, 0.3) is 6.47 Å². The van der Waals surface area contributed by atoms with Crippen LogP contribution in [0.4, 0.5) is 10.5 Å². The molecule has 172 valence electrons. The standard InChI is InChI=1S/C22H27N3O4.CH2O2/c1-28-20-9-3-16(4-10-20)15-25-13-11-19(12-14-25)24-22(27)23-18-7-5-17(6-8-18)21(26)29-2;2-1-3/h3-10,19H,11-15H2,1-2H3,(H2,23,24,27);1H,(H,2,3). The number of piperidine rings is 1. The number of carboxylic acid groups (broad SMARTS) is 1. The second-order valence-corrected chi connectivity index (χ2v) is 7.17. The lowest BCUT2D eigenvalue weighted by Gasteiger charge is -2.32. The van der Waals surface area contributed by atoms with E-state index in [2.05, 4.69) is 32.4 Å². The van der Waals surface area contributed by atoms with Crippen molar-refractivity contribution in [1.29, 1.82) is 0 Å². The first-order valence-corrected chi connectivity index (χ1v) is 10.2. The lowest BCUT2D eigenvalue weighted by atomic mass is 10.0. The number of rotatable bonds is 6. The Balaban J connectivity index is 0.00000114. The van der Waals surface area contributed by atoms with Gasteiger partial charge in [0.1, 0.15) is 5.75 Å². The summed E-state index contributed by atoms with van der Waals surface area (Å²) in [5, 5.41) is 12.7. The van der Waals surface area contributed by atoms with Gasteiger partial charge in [-0.05, 0) is 54.8 Å². The molecule has 0 unspecified atom stereocenters. The zero-order chi connectivity index (χ0) is 23.3. The van der Waals surface area contributed by atoms with Gasteiger partial charge in [0.05, 0.1) is 19.8 Å². The summed E-state index contributed by atoms with van der Waals surface area (Å²) in [6.07, 6.45) is 1.82. The van der Waals surface area contributed by atoms with Crippen LogP contribution in [0.3, 0.4) is 0 Å². The highest BCUT2D eigenvalue weighted by molar-refractivity contribution is 5.92. The Hall–Kier alpha value is -3.59. The van der Waals surface area contributed by atoms with Crippen molar-refractivity contribution < 1.29 is 29.0 Å². The lowest BCUT2D eigenvalue weighted by molar-refractivity contribution is -0.122. The first-order valence-electron chi connectivity index (χ1n) is 10.2. The van der Waals surface area contributed by atoms with Crippen LogP contribution in [0.25, 0.3) is 0 Å². The van der Waals surface area contributed by atoms with Crippen LogP contribution in [0.5, 0.6) is 5.75 Å². The Labute approximate surface area is 187 Å². The third kappa shape index (κ3) is 7.92. The molecule has 0 aromatic heterocycles. The molecule has 3 N–H and O–H groups in total. The molecular formula is C23H29N3O6. The van der Waals surface area contributed by atoms with Crippen LogP contribution in [0.2, 0.25) is 0 Å². The van der Waals surface area contributed by atoms with E-state index in [-0.39, 0.29) is 18.5 Å². The highest BCUT2D eigenvalue weighted by Gasteiger charge is 2.20. The Morgan fingerprint density at radius 3 is 2.19 bits per heavy atom. The smallest absolute Gasteiger partial charge is 0.337 e. The van der Waals surface area contributed by atoms with Gasteiger partial charge in [-0.25, -0.2) is 9.59 Å².